The highest BCUT2D eigenvalue weighted by Gasteiger charge is 2.11. The van der Waals surface area contributed by atoms with Crippen LogP contribution in [0.1, 0.15) is 53.9 Å². The van der Waals surface area contributed by atoms with Crippen LogP contribution in [0.15, 0.2) is 24.3 Å². The van der Waals surface area contributed by atoms with Crippen LogP contribution < -0.4 is 10.5 Å². The Morgan fingerprint density at radius 3 is 2.35 bits per heavy atom. The third-order valence-electron chi connectivity index (χ3n) is 3.20. The van der Waals surface area contributed by atoms with E-state index in [1.165, 1.54) is 5.56 Å². The van der Waals surface area contributed by atoms with Crippen LogP contribution in [-0.4, -0.2) is 4.98 Å². The summed E-state index contributed by atoms with van der Waals surface area (Å²) < 4.78 is 5.78. The fourth-order valence-corrected chi connectivity index (χ4v) is 2.98. The van der Waals surface area contributed by atoms with Crippen LogP contribution in [0.4, 0.5) is 0 Å². The number of benzene rings is 1. The summed E-state index contributed by atoms with van der Waals surface area (Å²) in [5.74, 6) is 1.42. The van der Waals surface area contributed by atoms with Crippen molar-refractivity contribution in [2.75, 3.05) is 0 Å². The van der Waals surface area contributed by atoms with Gasteiger partial charge >= 0.3 is 0 Å². The van der Waals surface area contributed by atoms with Crippen molar-refractivity contribution >= 4 is 11.3 Å². The summed E-state index contributed by atoms with van der Waals surface area (Å²) in [5.41, 5.74) is 8.24. The molecule has 0 aliphatic carbocycles. The molecule has 2 aromatic rings. The van der Waals surface area contributed by atoms with E-state index in [2.05, 4.69) is 31.0 Å². The van der Waals surface area contributed by atoms with Gasteiger partial charge in [-0.05, 0) is 37.5 Å². The van der Waals surface area contributed by atoms with Gasteiger partial charge in [0.1, 0.15) is 17.4 Å². The minimum atomic E-state index is 0.0339. The average Bonchev–Trinajstić information content (AvgIpc) is 2.78. The quantitative estimate of drug-likeness (QED) is 0.899. The van der Waals surface area contributed by atoms with E-state index in [4.69, 9.17) is 10.5 Å². The van der Waals surface area contributed by atoms with Crippen molar-refractivity contribution in [3.05, 3.63) is 45.4 Å². The molecule has 0 saturated heterocycles. The van der Waals surface area contributed by atoms with Gasteiger partial charge in [0.25, 0.3) is 0 Å². The molecular formula is C16H22N2OS. The van der Waals surface area contributed by atoms with E-state index in [9.17, 15) is 0 Å². The highest BCUT2D eigenvalue weighted by molar-refractivity contribution is 7.11. The lowest BCUT2D eigenvalue weighted by Gasteiger charge is -2.07. The van der Waals surface area contributed by atoms with Gasteiger partial charge in [0, 0.05) is 10.9 Å². The maximum Gasteiger partial charge on any atom is 0.140 e. The van der Waals surface area contributed by atoms with Gasteiger partial charge in [-0.3, -0.25) is 0 Å². The van der Waals surface area contributed by atoms with E-state index in [0.29, 0.717) is 12.5 Å². The second kappa shape index (κ2) is 6.37. The number of hydrogen-bond donors (Lipinski definition) is 1. The number of nitrogens with zero attached hydrogens (tertiary/aromatic N) is 1. The zero-order valence-electron chi connectivity index (χ0n) is 12.5. The Balaban J connectivity index is 2.00. The van der Waals surface area contributed by atoms with Crippen LogP contribution >= 0.6 is 11.3 Å². The lowest BCUT2D eigenvalue weighted by atomic mass is 10.0. The molecule has 1 unspecified atom stereocenters. The maximum atomic E-state index is 5.91. The zero-order valence-corrected chi connectivity index (χ0v) is 13.3. The minimum Gasteiger partial charge on any atom is -0.486 e. The Morgan fingerprint density at radius 2 is 1.85 bits per heavy atom. The van der Waals surface area contributed by atoms with Crippen LogP contribution in [0.2, 0.25) is 0 Å². The minimum absolute atomic E-state index is 0.0339. The summed E-state index contributed by atoms with van der Waals surface area (Å²) in [6, 6.07) is 8.29. The summed E-state index contributed by atoms with van der Waals surface area (Å²) >= 11 is 1.63. The van der Waals surface area contributed by atoms with Gasteiger partial charge in [-0.1, -0.05) is 26.0 Å². The van der Waals surface area contributed by atoms with Crippen molar-refractivity contribution in [2.24, 2.45) is 5.73 Å². The van der Waals surface area contributed by atoms with Crippen LogP contribution in [0.25, 0.3) is 0 Å². The summed E-state index contributed by atoms with van der Waals surface area (Å²) in [5, 5.41) is 0.975. The maximum absolute atomic E-state index is 5.91. The second-order valence-electron chi connectivity index (χ2n) is 5.36. The first-order chi connectivity index (χ1) is 9.47. The summed E-state index contributed by atoms with van der Waals surface area (Å²) in [6.45, 7) is 8.85. The van der Waals surface area contributed by atoms with Crippen molar-refractivity contribution in [3.8, 4) is 5.75 Å². The second-order valence-corrected chi connectivity index (χ2v) is 6.47. The third kappa shape index (κ3) is 3.58. The van der Waals surface area contributed by atoms with E-state index in [1.807, 2.05) is 26.0 Å². The van der Waals surface area contributed by atoms with E-state index < -0.39 is 0 Å². The zero-order chi connectivity index (χ0) is 14.7. The van der Waals surface area contributed by atoms with E-state index in [1.54, 1.807) is 11.3 Å². The predicted molar refractivity (Wildman–Crippen MR) is 84.3 cm³/mol. The van der Waals surface area contributed by atoms with Crippen molar-refractivity contribution in [2.45, 2.75) is 46.3 Å². The molecule has 3 nitrogen and oxygen atoms in total. The number of hydrogen-bond acceptors (Lipinski definition) is 4. The highest BCUT2D eigenvalue weighted by Crippen LogP contribution is 2.25. The first-order valence-corrected chi connectivity index (χ1v) is 7.73. The molecule has 0 radical (unpaired) electrons. The molecular weight excluding hydrogens is 268 g/mol. The van der Waals surface area contributed by atoms with E-state index in [-0.39, 0.29) is 6.04 Å². The highest BCUT2D eigenvalue weighted by atomic mass is 32.1. The number of thiazole rings is 1. The standard InChI is InChI=1S/C16H22N2OS/c1-10(2)13-5-7-14(8-6-13)19-9-15-18-12(4)16(20-15)11(3)17/h5-8,10-11H,9,17H2,1-4H3. The van der Waals surface area contributed by atoms with Crippen molar-refractivity contribution in [1.82, 2.24) is 4.98 Å². The van der Waals surface area contributed by atoms with Crippen LogP contribution in [0, 0.1) is 6.92 Å². The SMILES string of the molecule is Cc1nc(COc2ccc(C(C)C)cc2)sc1C(C)N. The van der Waals surface area contributed by atoms with Crippen LogP contribution in [0.3, 0.4) is 0 Å². The molecule has 2 N–H and O–H groups in total. The first-order valence-electron chi connectivity index (χ1n) is 6.92. The monoisotopic (exact) mass is 290 g/mol. The predicted octanol–water partition coefficient (Wildman–Crippen LogP) is 4.17. The lowest BCUT2D eigenvalue weighted by Crippen LogP contribution is -2.03. The molecule has 0 bridgehead atoms. The van der Waals surface area contributed by atoms with E-state index in [0.717, 1.165) is 21.3 Å². The molecule has 1 aromatic heterocycles. The smallest absolute Gasteiger partial charge is 0.140 e. The number of aromatic nitrogens is 1. The number of aryl methyl sites for hydroxylation is 1. The molecule has 0 saturated carbocycles. The Morgan fingerprint density at radius 1 is 1.20 bits per heavy atom. The van der Waals surface area contributed by atoms with E-state index >= 15 is 0 Å². The van der Waals surface area contributed by atoms with Crippen LogP contribution in [-0.2, 0) is 6.61 Å². The van der Waals surface area contributed by atoms with Gasteiger partial charge in [0.15, 0.2) is 0 Å². The molecule has 1 aromatic carbocycles. The largest absolute Gasteiger partial charge is 0.486 e. The van der Waals surface area contributed by atoms with Crippen LogP contribution in [0.5, 0.6) is 5.75 Å². The van der Waals surface area contributed by atoms with Gasteiger partial charge in [-0.2, -0.15) is 0 Å². The molecule has 1 atom stereocenters. The van der Waals surface area contributed by atoms with Crippen molar-refractivity contribution in [1.29, 1.82) is 0 Å². The normalized spacial score (nSPS) is 12.7. The third-order valence-corrected chi connectivity index (χ3v) is 4.53. The molecule has 1 heterocycles. The average molecular weight is 290 g/mol. The van der Waals surface area contributed by atoms with Crippen molar-refractivity contribution in [3.63, 3.8) is 0 Å². The summed E-state index contributed by atoms with van der Waals surface area (Å²) in [4.78, 5) is 5.64. The lowest BCUT2D eigenvalue weighted by molar-refractivity contribution is 0.305. The Kier molecular flexibility index (Phi) is 4.78. The van der Waals surface area contributed by atoms with Gasteiger partial charge in [0.05, 0.1) is 5.69 Å². The number of rotatable bonds is 5. The number of nitrogens with two attached hydrogens (primary N) is 1. The molecule has 2 rings (SSSR count). The Labute approximate surface area is 124 Å². The molecule has 20 heavy (non-hydrogen) atoms. The molecule has 0 aliphatic heterocycles. The molecule has 0 spiro atoms. The van der Waals surface area contributed by atoms with Gasteiger partial charge in [0.2, 0.25) is 0 Å². The molecule has 4 heteroatoms. The first kappa shape index (κ1) is 15.0. The fourth-order valence-electron chi connectivity index (χ4n) is 2.04. The molecule has 0 amide bonds. The van der Waals surface area contributed by atoms with Gasteiger partial charge in [-0.15, -0.1) is 11.3 Å². The van der Waals surface area contributed by atoms with Gasteiger partial charge in [-0.25, -0.2) is 4.98 Å². The number of ether oxygens (including phenoxy) is 1. The Bertz CT molecular complexity index is 558. The van der Waals surface area contributed by atoms with Gasteiger partial charge < -0.3 is 10.5 Å². The summed E-state index contributed by atoms with van der Waals surface area (Å²) in [7, 11) is 0. The fraction of sp³-hybridized carbons (Fsp3) is 0.438. The summed E-state index contributed by atoms with van der Waals surface area (Å²) in [6.07, 6.45) is 0. The molecule has 108 valence electrons. The molecule has 0 aliphatic rings. The topological polar surface area (TPSA) is 48.1 Å². The Hall–Kier alpha value is -1.39. The van der Waals surface area contributed by atoms with Crippen molar-refractivity contribution < 1.29 is 4.74 Å². The molecule has 0 fully saturated rings.